The van der Waals surface area contributed by atoms with Crippen molar-refractivity contribution in [2.45, 2.75) is 51.0 Å². The van der Waals surface area contributed by atoms with Gasteiger partial charge in [-0.2, -0.15) is 0 Å². The molecule has 1 fully saturated rings. The lowest BCUT2D eigenvalue weighted by Crippen LogP contribution is -2.42. The molecule has 0 bridgehead atoms. The SMILES string of the molecule is NC(N)=Nc1cccc(CCCC(=O)NC[C@@H]2C[C@@H](CC(=O)O)C(=O)N2CCCc2ccccc2)c1. The minimum Gasteiger partial charge on any atom is -0.481 e. The summed E-state index contributed by atoms with van der Waals surface area (Å²) in [6.45, 7) is 0.864. The largest absolute Gasteiger partial charge is 0.481 e. The Bertz CT molecular complexity index is 1070. The van der Waals surface area contributed by atoms with E-state index in [4.69, 9.17) is 11.5 Å². The number of benzene rings is 2. The van der Waals surface area contributed by atoms with Crippen molar-refractivity contribution in [1.29, 1.82) is 0 Å². The first-order valence-corrected chi connectivity index (χ1v) is 12.3. The third-order valence-corrected chi connectivity index (χ3v) is 6.33. The zero-order chi connectivity index (χ0) is 25.9. The van der Waals surface area contributed by atoms with Crippen LogP contribution in [-0.4, -0.2) is 52.9 Å². The number of carboxylic acids is 1. The van der Waals surface area contributed by atoms with Gasteiger partial charge in [-0.05, 0) is 55.4 Å². The van der Waals surface area contributed by atoms with Crippen LogP contribution in [0.4, 0.5) is 5.69 Å². The number of nitrogens with zero attached hydrogens (tertiary/aromatic N) is 2. The van der Waals surface area contributed by atoms with E-state index in [0.717, 1.165) is 18.4 Å². The highest BCUT2D eigenvalue weighted by Gasteiger charge is 2.39. The van der Waals surface area contributed by atoms with Crippen LogP contribution in [-0.2, 0) is 27.2 Å². The second-order valence-corrected chi connectivity index (χ2v) is 9.17. The number of aliphatic imine (C=N–C) groups is 1. The minimum absolute atomic E-state index is 0.00312. The molecule has 9 nitrogen and oxygen atoms in total. The summed E-state index contributed by atoms with van der Waals surface area (Å²) in [4.78, 5) is 42.4. The average molecular weight is 494 g/mol. The summed E-state index contributed by atoms with van der Waals surface area (Å²) in [6, 6.07) is 17.4. The summed E-state index contributed by atoms with van der Waals surface area (Å²) in [6.07, 6.45) is 3.57. The lowest BCUT2D eigenvalue weighted by atomic mass is 10.0. The molecular weight excluding hydrogens is 458 g/mol. The van der Waals surface area contributed by atoms with E-state index >= 15 is 0 Å². The number of hydrogen-bond donors (Lipinski definition) is 4. The molecule has 0 aromatic heterocycles. The second-order valence-electron chi connectivity index (χ2n) is 9.17. The van der Waals surface area contributed by atoms with Crippen molar-refractivity contribution in [3.63, 3.8) is 0 Å². The quantitative estimate of drug-likeness (QED) is 0.248. The number of aryl methyl sites for hydroxylation is 2. The van der Waals surface area contributed by atoms with Gasteiger partial charge in [0.05, 0.1) is 18.0 Å². The van der Waals surface area contributed by atoms with E-state index in [1.54, 1.807) is 4.90 Å². The first kappa shape index (κ1) is 26.7. The number of carbonyl (C=O) groups is 3. The molecule has 9 heteroatoms. The van der Waals surface area contributed by atoms with Gasteiger partial charge in [-0.25, -0.2) is 4.99 Å². The number of likely N-dealkylation sites (tertiary alicyclic amines) is 1. The molecule has 1 aliphatic rings. The van der Waals surface area contributed by atoms with Gasteiger partial charge in [-0.1, -0.05) is 42.5 Å². The van der Waals surface area contributed by atoms with Crippen molar-refractivity contribution in [1.82, 2.24) is 10.2 Å². The summed E-state index contributed by atoms with van der Waals surface area (Å²) >= 11 is 0. The molecule has 2 aromatic rings. The van der Waals surface area contributed by atoms with Gasteiger partial charge in [0.1, 0.15) is 0 Å². The summed E-state index contributed by atoms with van der Waals surface area (Å²) in [7, 11) is 0. The molecule has 3 rings (SSSR count). The van der Waals surface area contributed by atoms with Crippen molar-refractivity contribution in [2.75, 3.05) is 13.1 Å². The molecular formula is C27H35N5O4. The minimum atomic E-state index is -0.980. The maximum Gasteiger partial charge on any atom is 0.304 e. The van der Waals surface area contributed by atoms with Gasteiger partial charge in [0.15, 0.2) is 5.96 Å². The molecule has 36 heavy (non-hydrogen) atoms. The van der Waals surface area contributed by atoms with Gasteiger partial charge < -0.3 is 26.8 Å². The molecule has 6 N–H and O–H groups in total. The molecule has 2 aromatic carbocycles. The molecule has 0 unspecified atom stereocenters. The van der Waals surface area contributed by atoms with Gasteiger partial charge in [-0.15, -0.1) is 0 Å². The zero-order valence-electron chi connectivity index (χ0n) is 20.4. The van der Waals surface area contributed by atoms with Gasteiger partial charge in [-0.3, -0.25) is 14.4 Å². The summed E-state index contributed by atoms with van der Waals surface area (Å²) in [5.74, 6) is -1.75. The average Bonchev–Trinajstić information content (AvgIpc) is 3.12. The molecule has 0 radical (unpaired) electrons. The van der Waals surface area contributed by atoms with E-state index in [0.29, 0.717) is 44.5 Å². The Labute approximate surface area is 211 Å². The molecule has 1 heterocycles. The maximum atomic E-state index is 12.9. The topological polar surface area (TPSA) is 151 Å². The van der Waals surface area contributed by atoms with Crippen LogP contribution in [0, 0.1) is 5.92 Å². The second kappa shape index (κ2) is 13.3. The molecule has 0 aliphatic carbocycles. The highest BCUT2D eigenvalue weighted by molar-refractivity contribution is 5.85. The Kier molecular flexibility index (Phi) is 9.85. The van der Waals surface area contributed by atoms with Crippen molar-refractivity contribution in [3.8, 4) is 0 Å². The number of nitrogens with two attached hydrogens (primary N) is 2. The highest BCUT2D eigenvalue weighted by Crippen LogP contribution is 2.27. The van der Waals surface area contributed by atoms with Crippen LogP contribution < -0.4 is 16.8 Å². The molecule has 2 atom stereocenters. The smallest absolute Gasteiger partial charge is 0.304 e. The normalized spacial score (nSPS) is 17.1. The van der Waals surface area contributed by atoms with Crippen LogP contribution in [0.2, 0.25) is 0 Å². The summed E-state index contributed by atoms with van der Waals surface area (Å²) in [5.41, 5.74) is 13.8. The van der Waals surface area contributed by atoms with Crippen molar-refractivity contribution in [2.24, 2.45) is 22.4 Å². The molecule has 1 aliphatic heterocycles. The number of nitrogens with one attached hydrogen (secondary N) is 1. The molecule has 2 amide bonds. The fourth-order valence-corrected chi connectivity index (χ4v) is 4.64. The molecule has 0 saturated carbocycles. The lowest BCUT2D eigenvalue weighted by Gasteiger charge is -2.25. The maximum absolute atomic E-state index is 12.9. The lowest BCUT2D eigenvalue weighted by molar-refractivity contribution is -0.142. The number of amides is 2. The van der Waals surface area contributed by atoms with E-state index in [1.807, 2.05) is 54.6 Å². The Balaban J connectivity index is 1.48. The van der Waals surface area contributed by atoms with E-state index in [-0.39, 0.29) is 30.2 Å². The van der Waals surface area contributed by atoms with Gasteiger partial charge >= 0.3 is 5.97 Å². The number of hydrogen-bond acceptors (Lipinski definition) is 4. The van der Waals surface area contributed by atoms with E-state index in [9.17, 15) is 19.5 Å². The predicted octanol–water partition coefficient (Wildman–Crippen LogP) is 2.36. The van der Waals surface area contributed by atoms with E-state index in [2.05, 4.69) is 10.3 Å². The van der Waals surface area contributed by atoms with Gasteiger partial charge in [0.2, 0.25) is 11.8 Å². The van der Waals surface area contributed by atoms with Crippen LogP contribution in [0.15, 0.2) is 59.6 Å². The van der Waals surface area contributed by atoms with Gasteiger partial charge in [0.25, 0.3) is 0 Å². The number of rotatable bonds is 13. The van der Waals surface area contributed by atoms with Crippen LogP contribution in [0.1, 0.15) is 43.2 Å². The molecule has 1 saturated heterocycles. The number of carbonyl (C=O) groups excluding carboxylic acids is 2. The Hall–Kier alpha value is -3.88. The third kappa shape index (κ3) is 8.41. The number of carboxylic acid groups (broad SMARTS) is 1. The molecule has 0 spiro atoms. The van der Waals surface area contributed by atoms with Crippen LogP contribution >= 0.6 is 0 Å². The fraction of sp³-hybridized carbons (Fsp3) is 0.407. The van der Waals surface area contributed by atoms with Crippen molar-refractivity contribution >= 4 is 29.4 Å². The van der Waals surface area contributed by atoms with Crippen LogP contribution in [0.3, 0.4) is 0 Å². The van der Waals surface area contributed by atoms with Crippen LogP contribution in [0.25, 0.3) is 0 Å². The summed E-state index contributed by atoms with van der Waals surface area (Å²) in [5, 5.41) is 12.1. The monoisotopic (exact) mass is 493 g/mol. The van der Waals surface area contributed by atoms with E-state index in [1.165, 1.54) is 5.56 Å². The van der Waals surface area contributed by atoms with Crippen molar-refractivity contribution in [3.05, 3.63) is 65.7 Å². The first-order chi connectivity index (χ1) is 17.3. The Morgan fingerprint density at radius 3 is 2.47 bits per heavy atom. The third-order valence-electron chi connectivity index (χ3n) is 6.33. The van der Waals surface area contributed by atoms with Crippen molar-refractivity contribution < 1.29 is 19.5 Å². The fourth-order valence-electron chi connectivity index (χ4n) is 4.64. The standard InChI is InChI=1S/C27H35N5O4/c28-27(29)31-22-12-4-9-20(15-22)10-5-13-24(33)30-18-23-16-21(17-25(34)35)26(36)32(23)14-6-11-19-7-2-1-3-8-19/h1-4,7-9,12,15,21,23H,5-6,10-11,13-14,16-18H2,(H,30,33)(H,34,35)(H4,28,29,31)/t21-,23-/m0/s1. The van der Waals surface area contributed by atoms with Gasteiger partial charge in [0, 0.05) is 25.6 Å². The number of guanidine groups is 1. The first-order valence-electron chi connectivity index (χ1n) is 12.3. The highest BCUT2D eigenvalue weighted by atomic mass is 16.4. The number of aliphatic carboxylic acids is 1. The Morgan fingerprint density at radius 2 is 1.75 bits per heavy atom. The zero-order valence-corrected chi connectivity index (χ0v) is 20.4. The van der Waals surface area contributed by atoms with E-state index < -0.39 is 11.9 Å². The molecule has 192 valence electrons. The summed E-state index contributed by atoms with van der Waals surface area (Å²) < 4.78 is 0. The Morgan fingerprint density at radius 1 is 1.03 bits per heavy atom. The van der Waals surface area contributed by atoms with Crippen LogP contribution in [0.5, 0.6) is 0 Å². The predicted molar refractivity (Wildman–Crippen MR) is 138 cm³/mol.